The minimum Gasteiger partial charge on any atom is -0.593 e. The second kappa shape index (κ2) is 9.61. The fraction of sp³-hybridized carbons (Fsp3) is 0.158. The third-order valence-electron chi connectivity index (χ3n) is 3.72. The molecule has 0 fully saturated rings. The molecule has 1 unspecified atom stereocenters. The Morgan fingerprint density at radius 2 is 2.00 bits per heavy atom. The summed E-state index contributed by atoms with van der Waals surface area (Å²) in [5.41, 5.74) is 1.71. The smallest absolute Gasteiger partial charge is 0.251 e. The van der Waals surface area contributed by atoms with Crippen LogP contribution in [-0.4, -0.2) is 51.3 Å². The van der Waals surface area contributed by atoms with Crippen LogP contribution in [0, 0.1) is 0 Å². The largest absolute Gasteiger partial charge is 0.593 e. The number of benzene rings is 1. The van der Waals surface area contributed by atoms with E-state index in [1.165, 1.54) is 15.6 Å². The molecule has 1 atom stereocenters. The summed E-state index contributed by atoms with van der Waals surface area (Å²) in [5, 5.41) is 7.43. The summed E-state index contributed by atoms with van der Waals surface area (Å²) in [6.07, 6.45) is 1.67. The van der Waals surface area contributed by atoms with Gasteiger partial charge in [0.1, 0.15) is 5.69 Å². The van der Waals surface area contributed by atoms with E-state index in [0.29, 0.717) is 27.0 Å². The number of carbonyl (C=O) groups is 2. The van der Waals surface area contributed by atoms with E-state index in [1.54, 1.807) is 49.9 Å². The molecule has 2 aromatic heterocycles. The van der Waals surface area contributed by atoms with Crippen LogP contribution >= 0.6 is 11.3 Å². The zero-order chi connectivity index (χ0) is 20.8. The molecule has 0 saturated heterocycles. The van der Waals surface area contributed by atoms with Gasteiger partial charge in [-0.15, -0.1) is 15.6 Å². The quantitative estimate of drug-likeness (QED) is 0.557. The first kappa shape index (κ1) is 20.9. The topological polar surface area (TPSA) is 110 Å². The van der Waals surface area contributed by atoms with E-state index in [-0.39, 0.29) is 6.54 Å². The van der Waals surface area contributed by atoms with E-state index in [1.807, 2.05) is 18.2 Å². The van der Waals surface area contributed by atoms with Crippen LogP contribution in [0.1, 0.15) is 10.4 Å². The molecule has 0 spiro atoms. The molecule has 2 N–H and O–H groups in total. The third kappa shape index (κ3) is 5.61. The Labute approximate surface area is 175 Å². The van der Waals surface area contributed by atoms with Crippen LogP contribution < -0.4 is 10.6 Å². The number of thiazole rings is 1. The number of rotatable bonds is 7. The average Bonchev–Trinajstić information content (AvgIpc) is 3.20. The highest BCUT2D eigenvalue weighted by atomic mass is 32.2. The van der Waals surface area contributed by atoms with Crippen molar-refractivity contribution in [2.45, 2.75) is 4.90 Å². The molecule has 29 heavy (non-hydrogen) atoms. The monoisotopic (exact) mass is 429 g/mol. The van der Waals surface area contributed by atoms with E-state index in [2.05, 4.69) is 20.6 Å². The molecule has 2 heterocycles. The van der Waals surface area contributed by atoms with Gasteiger partial charge in [0.25, 0.3) is 5.91 Å². The molecule has 0 aliphatic rings. The van der Waals surface area contributed by atoms with Crippen LogP contribution in [0.4, 0.5) is 5.13 Å². The molecule has 0 aliphatic heterocycles. The number of pyridine rings is 1. The number of aromatic nitrogens is 2. The van der Waals surface area contributed by atoms with Gasteiger partial charge in [0.2, 0.25) is 5.91 Å². The molecule has 3 rings (SSSR count). The van der Waals surface area contributed by atoms with Gasteiger partial charge in [-0.25, -0.2) is 4.98 Å². The second-order valence-corrected chi connectivity index (χ2v) is 8.63. The van der Waals surface area contributed by atoms with Crippen LogP contribution in [-0.2, 0) is 16.2 Å². The van der Waals surface area contributed by atoms with Gasteiger partial charge in [0, 0.05) is 37.3 Å². The summed E-state index contributed by atoms with van der Waals surface area (Å²) in [6.45, 7) is -0.210. The number of carbonyl (C=O) groups excluding carboxylic acids is 2. The molecule has 0 aliphatic carbocycles. The zero-order valence-electron chi connectivity index (χ0n) is 15.8. The lowest BCUT2D eigenvalue weighted by Crippen LogP contribution is -2.33. The van der Waals surface area contributed by atoms with E-state index in [0.717, 1.165) is 0 Å². The Kier molecular flexibility index (Phi) is 6.94. The predicted octanol–water partition coefficient (Wildman–Crippen LogP) is 2.16. The van der Waals surface area contributed by atoms with Crippen LogP contribution in [0.5, 0.6) is 0 Å². The van der Waals surface area contributed by atoms with E-state index >= 15 is 0 Å². The lowest BCUT2D eigenvalue weighted by molar-refractivity contribution is -0.115. The summed E-state index contributed by atoms with van der Waals surface area (Å²) in [4.78, 5) is 33.5. The van der Waals surface area contributed by atoms with Gasteiger partial charge >= 0.3 is 0 Å². The van der Waals surface area contributed by atoms with Crippen LogP contribution in [0.15, 0.2) is 58.9 Å². The molecule has 0 radical (unpaired) electrons. The van der Waals surface area contributed by atoms with Crippen molar-refractivity contribution in [2.75, 3.05) is 26.0 Å². The second-order valence-electron chi connectivity index (χ2n) is 6.07. The fourth-order valence-electron chi connectivity index (χ4n) is 2.35. The van der Waals surface area contributed by atoms with Crippen molar-refractivity contribution in [3.8, 4) is 11.4 Å². The highest BCUT2D eigenvalue weighted by Crippen LogP contribution is 2.22. The maximum Gasteiger partial charge on any atom is 0.251 e. The first-order chi connectivity index (χ1) is 13.9. The number of hydrogen-bond donors (Lipinski definition) is 2. The van der Waals surface area contributed by atoms with Crippen molar-refractivity contribution in [2.24, 2.45) is 0 Å². The summed E-state index contributed by atoms with van der Waals surface area (Å²) < 4.78 is 13.7. The molecular formula is C19H19N5O3S2. The van der Waals surface area contributed by atoms with Gasteiger partial charge in [-0.2, -0.15) is 0 Å². The summed E-state index contributed by atoms with van der Waals surface area (Å²) in [6, 6.07) is 12.0. The van der Waals surface area contributed by atoms with Gasteiger partial charge in [0.15, 0.2) is 10.0 Å². The minimum atomic E-state index is -1.35. The number of amides is 2. The molecule has 0 bridgehead atoms. The molecule has 8 nitrogen and oxygen atoms in total. The van der Waals surface area contributed by atoms with Gasteiger partial charge in [-0.1, -0.05) is 12.1 Å². The highest BCUT2D eigenvalue weighted by molar-refractivity contribution is 7.89. The molecule has 0 saturated carbocycles. The maximum absolute atomic E-state index is 12.3. The first-order valence-electron chi connectivity index (χ1n) is 8.58. The van der Waals surface area contributed by atoms with Crippen LogP contribution in [0.2, 0.25) is 0 Å². The Morgan fingerprint density at radius 3 is 2.72 bits per heavy atom. The molecule has 3 aromatic rings. The van der Waals surface area contributed by atoms with Crippen molar-refractivity contribution < 1.29 is 14.1 Å². The molecular weight excluding hydrogens is 410 g/mol. The van der Waals surface area contributed by atoms with Crippen molar-refractivity contribution in [1.82, 2.24) is 19.6 Å². The van der Waals surface area contributed by atoms with Crippen molar-refractivity contribution >= 4 is 39.6 Å². The lowest BCUT2D eigenvalue weighted by atomic mass is 10.2. The Hall–Kier alpha value is -2.79. The van der Waals surface area contributed by atoms with Crippen molar-refractivity contribution in [1.29, 1.82) is 0 Å². The minimum absolute atomic E-state index is 0.210. The number of anilines is 1. The molecule has 150 valence electrons. The van der Waals surface area contributed by atoms with Gasteiger partial charge in [-0.05, 0) is 24.3 Å². The summed E-state index contributed by atoms with van der Waals surface area (Å²) in [7, 11) is 3.37. The Morgan fingerprint density at radius 1 is 1.17 bits per heavy atom. The average molecular weight is 430 g/mol. The van der Waals surface area contributed by atoms with Crippen molar-refractivity contribution in [3.63, 3.8) is 0 Å². The number of nitrogens with zero attached hydrogens (tertiary/aromatic N) is 3. The number of nitrogens with one attached hydrogen (secondary N) is 2. The fourth-order valence-corrected chi connectivity index (χ4v) is 3.91. The number of hydrogen-bond acceptors (Lipinski definition) is 7. The molecule has 10 heteroatoms. The standard InChI is InChI=1S/C19H19N5O3S2/c1-24(2)29(27)14-7-5-6-13(10-14)18(26)21-11-17(25)23-19-22-16(12-28-19)15-8-3-4-9-20-15/h3-10,12H,11H2,1-2H3,(H,21,26)(H,22,23,25). The normalized spacial score (nSPS) is 11.9. The van der Waals surface area contributed by atoms with Gasteiger partial charge < -0.3 is 15.2 Å². The third-order valence-corrected chi connectivity index (χ3v) is 5.80. The predicted molar refractivity (Wildman–Crippen MR) is 113 cm³/mol. The lowest BCUT2D eigenvalue weighted by Gasteiger charge is -2.15. The maximum atomic E-state index is 12.3. The van der Waals surface area contributed by atoms with E-state index < -0.39 is 23.2 Å². The van der Waals surface area contributed by atoms with Crippen LogP contribution in [0.3, 0.4) is 0 Å². The highest BCUT2D eigenvalue weighted by Gasteiger charge is 2.17. The van der Waals surface area contributed by atoms with Gasteiger partial charge in [-0.3, -0.25) is 14.6 Å². The van der Waals surface area contributed by atoms with Gasteiger partial charge in [0.05, 0.1) is 23.6 Å². The molecule has 2 amide bonds. The summed E-state index contributed by atoms with van der Waals surface area (Å²) in [5.74, 6) is -0.820. The van der Waals surface area contributed by atoms with Crippen LogP contribution in [0.25, 0.3) is 11.4 Å². The SMILES string of the molecule is CN(C)[S+]([O-])c1cccc(C(=O)NCC(=O)Nc2nc(-c3ccccn3)cs2)c1. The molecule has 1 aromatic carbocycles. The Balaban J connectivity index is 1.55. The van der Waals surface area contributed by atoms with E-state index in [4.69, 9.17) is 0 Å². The summed E-state index contributed by atoms with van der Waals surface area (Å²) >= 11 is -0.0758. The Bertz CT molecular complexity index is 994. The van der Waals surface area contributed by atoms with E-state index in [9.17, 15) is 14.1 Å². The van der Waals surface area contributed by atoms with Crippen molar-refractivity contribution in [3.05, 3.63) is 59.6 Å². The first-order valence-corrected chi connectivity index (χ1v) is 10.6. The zero-order valence-corrected chi connectivity index (χ0v) is 17.4.